The van der Waals surface area contributed by atoms with Gasteiger partial charge < -0.3 is 5.73 Å². The van der Waals surface area contributed by atoms with Crippen LogP contribution in [0.15, 0.2) is 24.3 Å². The fraction of sp³-hybridized carbons (Fsp3) is 0.125. The summed E-state index contributed by atoms with van der Waals surface area (Å²) in [5, 5.41) is 17.5. The summed E-state index contributed by atoms with van der Waals surface area (Å²) in [6, 6.07) is 6.44. The van der Waals surface area contributed by atoms with Gasteiger partial charge in [0, 0.05) is 17.4 Å². The normalized spacial score (nSPS) is 9.07. The topological polar surface area (TPSA) is 93.0 Å². The molecule has 15 heavy (non-hydrogen) atoms. The Balaban J connectivity index is 0.00000196. The highest BCUT2D eigenvalue weighted by Gasteiger charge is 2.11. The molecular formula is C8H10ClN3O2S. The fourth-order valence-electron chi connectivity index (χ4n) is 0.966. The van der Waals surface area contributed by atoms with Crippen molar-refractivity contribution in [1.82, 2.24) is 0 Å². The fourth-order valence-corrected chi connectivity index (χ4v) is 1.52. The zero-order valence-corrected chi connectivity index (χ0v) is 9.31. The molecule has 0 aliphatic rings. The Kier molecular flexibility index (Phi) is 5.73. The predicted molar refractivity (Wildman–Crippen MR) is 63.6 cm³/mol. The Hall–Kier alpha value is -1.27. The third kappa shape index (κ3) is 4.18. The first kappa shape index (κ1) is 13.7. The molecule has 1 rings (SSSR count). The van der Waals surface area contributed by atoms with E-state index in [1.807, 2.05) is 0 Å². The number of benzene rings is 1. The lowest BCUT2D eigenvalue weighted by Gasteiger charge is -2.00. The van der Waals surface area contributed by atoms with Crippen molar-refractivity contribution in [3.8, 4) is 0 Å². The Labute approximate surface area is 97.1 Å². The lowest BCUT2D eigenvalue weighted by Crippen LogP contribution is -2.04. The molecule has 3 N–H and O–H groups in total. The summed E-state index contributed by atoms with van der Waals surface area (Å²) in [6.07, 6.45) is 0. The third-order valence-electron chi connectivity index (χ3n) is 1.57. The zero-order chi connectivity index (χ0) is 10.6. The number of nitrogens with zero attached hydrogens (tertiary/aromatic N) is 1. The first-order valence-electron chi connectivity index (χ1n) is 3.80. The van der Waals surface area contributed by atoms with Gasteiger partial charge in [0.25, 0.3) is 5.69 Å². The summed E-state index contributed by atoms with van der Waals surface area (Å²) in [5.41, 5.74) is 5.79. The number of halogens is 1. The van der Waals surface area contributed by atoms with E-state index in [2.05, 4.69) is 0 Å². The van der Waals surface area contributed by atoms with E-state index < -0.39 is 4.92 Å². The van der Waals surface area contributed by atoms with Crippen LogP contribution < -0.4 is 5.73 Å². The van der Waals surface area contributed by atoms with E-state index in [-0.39, 0.29) is 23.3 Å². The molecule has 0 heterocycles. The summed E-state index contributed by atoms with van der Waals surface area (Å²) >= 11 is 1.07. The molecule has 0 unspecified atom stereocenters. The van der Waals surface area contributed by atoms with Crippen molar-refractivity contribution in [3.05, 3.63) is 39.9 Å². The molecule has 0 saturated carbocycles. The Bertz CT molecular complexity index is 373. The second kappa shape index (κ2) is 6.26. The van der Waals surface area contributed by atoms with Crippen molar-refractivity contribution in [3.63, 3.8) is 0 Å². The second-order valence-corrected chi connectivity index (χ2v) is 3.56. The van der Waals surface area contributed by atoms with Crippen LogP contribution in [-0.4, -0.2) is 10.1 Å². The molecule has 0 amide bonds. The minimum absolute atomic E-state index is 0. The van der Waals surface area contributed by atoms with Gasteiger partial charge in [0.15, 0.2) is 5.17 Å². The first-order chi connectivity index (χ1) is 6.61. The first-order valence-corrected chi connectivity index (χ1v) is 4.79. The van der Waals surface area contributed by atoms with Gasteiger partial charge >= 0.3 is 0 Å². The van der Waals surface area contributed by atoms with Crippen LogP contribution in [0.5, 0.6) is 0 Å². The molecule has 0 saturated heterocycles. The number of nitro groups is 1. The van der Waals surface area contributed by atoms with Gasteiger partial charge in [-0.3, -0.25) is 15.5 Å². The van der Waals surface area contributed by atoms with E-state index in [4.69, 9.17) is 11.1 Å². The number of rotatable bonds is 3. The molecular weight excluding hydrogens is 238 g/mol. The van der Waals surface area contributed by atoms with Gasteiger partial charge in [-0.05, 0) is 0 Å². The molecule has 0 radical (unpaired) electrons. The van der Waals surface area contributed by atoms with Crippen molar-refractivity contribution in [2.45, 2.75) is 5.75 Å². The van der Waals surface area contributed by atoms with Crippen molar-refractivity contribution in [2.75, 3.05) is 0 Å². The molecule has 0 aliphatic heterocycles. The van der Waals surface area contributed by atoms with Crippen LogP contribution in [0.2, 0.25) is 0 Å². The number of hydrogen-bond donors (Lipinski definition) is 2. The molecule has 0 bridgehead atoms. The Morgan fingerprint density at radius 2 is 2.13 bits per heavy atom. The van der Waals surface area contributed by atoms with Crippen molar-refractivity contribution >= 4 is 35.0 Å². The lowest BCUT2D eigenvalue weighted by atomic mass is 10.2. The summed E-state index contributed by atoms with van der Waals surface area (Å²) < 4.78 is 0. The van der Waals surface area contributed by atoms with E-state index in [1.165, 1.54) is 6.07 Å². The third-order valence-corrected chi connectivity index (χ3v) is 2.34. The predicted octanol–water partition coefficient (Wildman–Crippen LogP) is 2.14. The number of hydrogen-bond acceptors (Lipinski definition) is 4. The zero-order valence-electron chi connectivity index (χ0n) is 7.67. The van der Waals surface area contributed by atoms with Crippen LogP contribution in [0.25, 0.3) is 0 Å². The highest BCUT2D eigenvalue weighted by molar-refractivity contribution is 8.13. The van der Waals surface area contributed by atoms with Gasteiger partial charge in [0.2, 0.25) is 0 Å². The highest BCUT2D eigenvalue weighted by atomic mass is 35.5. The van der Waals surface area contributed by atoms with Gasteiger partial charge in [0.05, 0.1) is 4.92 Å². The van der Waals surface area contributed by atoms with Gasteiger partial charge in [-0.25, -0.2) is 0 Å². The molecule has 0 aliphatic carbocycles. The summed E-state index contributed by atoms with van der Waals surface area (Å²) in [5.74, 6) is 0.354. The molecule has 82 valence electrons. The molecule has 7 heteroatoms. The molecule has 0 aromatic heterocycles. The van der Waals surface area contributed by atoms with E-state index in [1.54, 1.807) is 18.2 Å². The summed E-state index contributed by atoms with van der Waals surface area (Å²) in [6.45, 7) is 0. The highest BCUT2D eigenvalue weighted by Crippen LogP contribution is 2.22. The second-order valence-electron chi connectivity index (χ2n) is 2.54. The number of nitrogens with two attached hydrogens (primary N) is 1. The van der Waals surface area contributed by atoms with Gasteiger partial charge in [0.1, 0.15) is 0 Å². The van der Waals surface area contributed by atoms with Crippen molar-refractivity contribution in [1.29, 1.82) is 5.41 Å². The number of para-hydroxylation sites is 1. The molecule has 0 atom stereocenters. The standard InChI is InChI=1S/C8H9N3O2S.ClH/c9-8(10)14-5-6-3-1-2-4-7(6)11(12)13;/h1-4H,5H2,(H3,9,10);1H. The minimum atomic E-state index is -0.434. The number of nitrogens with one attached hydrogen (secondary N) is 1. The van der Waals surface area contributed by atoms with Crippen LogP contribution in [-0.2, 0) is 5.75 Å². The molecule has 5 nitrogen and oxygen atoms in total. The minimum Gasteiger partial charge on any atom is -0.379 e. The number of thioether (sulfide) groups is 1. The van der Waals surface area contributed by atoms with Gasteiger partial charge in [-0.1, -0.05) is 30.0 Å². The molecule has 1 aromatic rings. The van der Waals surface area contributed by atoms with E-state index >= 15 is 0 Å². The smallest absolute Gasteiger partial charge is 0.273 e. The lowest BCUT2D eigenvalue weighted by molar-refractivity contribution is -0.385. The molecule has 1 aromatic carbocycles. The SMILES string of the molecule is Cl.N=C(N)SCc1ccccc1[N+](=O)[O-]. The number of nitro benzene ring substituents is 1. The summed E-state index contributed by atoms with van der Waals surface area (Å²) in [7, 11) is 0. The quantitative estimate of drug-likeness (QED) is 0.370. The van der Waals surface area contributed by atoms with E-state index in [9.17, 15) is 10.1 Å². The molecule has 0 fully saturated rings. The average molecular weight is 248 g/mol. The van der Waals surface area contributed by atoms with E-state index in [0.717, 1.165) is 11.8 Å². The van der Waals surface area contributed by atoms with Gasteiger partial charge in [-0.15, -0.1) is 12.4 Å². The summed E-state index contributed by atoms with van der Waals surface area (Å²) in [4.78, 5) is 10.1. The molecule has 0 spiro atoms. The largest absolute Gasteiger partial charge is 0.379 e. The maximum Gasteiger partial charge on any atom is 0.273 e. The van der Waals surface area contributed by atoms with Crippen LogP contribution in [0.3, 0.4) is 0 Å². The van der Waals surface area contributed by atoms with Crippen molar-refractivity contribution in [2.24, 2.45) is 5.73 Å². The Morgan fingerprint density at radius 1 is 1.53 bits per heavy atom. The van der Waals surface area contributed by atoms with Crippen molar-refractivity contribution < 1.29 is 4.92 Å². The van der Waals surface area contributed by atoms with Crippen LogP contribution in [0.1, 0.15) is 5.56 Å². The Morgan fingerprint density at radius 3 is 2.67 bits per heavy atom. The van der Waals surface area contributed by atoms with Gasteiger partial charge in [-0.2, -0.15) is 0 Å². The van der Waals surface area contributed by atoms with Crippen LogP contribution in [0.4, 0.5) is 5.69 Å². The van der Waals surface area contributed by atoms with E-state index in [0.29, 0.717) is 11.3 Å². The monoisotopic (exact) mass is 247 g/mol. The van der Waals surface area contributed by atoms with Crippen LogP contribution >= 0.6 is 24.2 Å². The van der Waals surface area contributed by atoms with Crippen LogP contribution in [0, 0.1) is 15.5 Å². The average Bonchev–Trinajstić information content (AvgIpc) is 2.15. The maximum atomic E-state index is 10.6. The number of amidine groups is 1. The maximum absolute atomic E-state index is 10.6.